The monoisotopic (exact) mass is 396 g/mol. The molecule has 1 atom stereocenters. The predicted octanol–water partition coefficient (Wildman–Crippen LogP) is 3.84. The predicted molar refractivity (Wildman–Crippen MR) is 116 cm³/mol. The van der Waals surface area contributed by atoms with Crippen molar-refractivity contribution in [1.29, 1.82) is 0 Å². The quantitative estimate of drug-likeness (QED) is 0.741. The Kier molecular flexibility index (Phi) is 6.26. The topological polar surface area (TPSA) is 34.2 Å². The SMILES string of the molecule is COc1cc2c(cc1OC)C(CCN1CCN(c3ccccc3C)CC1)OCC2. The lowest BCUT2D eigenvalue weighted by molar-refractivity contribution is 0.0286. The molecule has 1 saturated heterocycles. The molecule has 0 aliphatic carbocycles. The van der Waals surface area contributed by atoms with Crippen molar-refractivity contribution in [2.24, 2.45) is 0 Å². The summed E-state index contributed by atoms with van der Waals surface area (Å²) in [6.45, 7) is 8.38. The molecule has 156 valence electrons. The summed E-state index contributed by atoms with van der Waals surface area (Å²) in [6.07, 6.45) is 2.07. The second kappa shape index (κ2) is 9.06. The fourth-order valence-corrected chi connectivity index (χ4v) is 4.52. The first-order valence-electron chi connectivity index (χ1n) is 10.6. The molecule has 5 nitrogen and oxygen atoms in total. The molecule has 0 bridgehead atoms. The molecule has 0 aromatic heterocycles. The number of piperazine rings is 1. The molecule has 0 amide bonds. The lowest BCUT2D eigenvalue weighted by Gasteiger charge is -2.37. The molecule has 29 heavy (non-hydrogen) atoms. The Hall–Kier alpha value is -2.24. The number of ether oxygens (including phenoxy) is 3. The van der Waals surface area contributed by atoms with Crippen LogP contribution in [0.2, 0.25) is 0 Å². The van der Waals surface area contributed by atoms with Gasteiger partial charge in [0.1, 0.15) is 0 Å². The van der Waals surface area contributed by atoms with E-state index in [-0.39, 0.29) is 6.10 Å². The zero-order chi connectivity index (χ0) is 20.2. The molecule has 2 heterocycles. The maximum Gasteiger partial charge on any atom is 0.161 e. The summed E-state index contributed by atoms with van der Waals surface area (Å²) in [4.78, 5) is 5.07. The van der Waals surface area contributed by atoms with Gasteiger partial charge in [-0.15, -0.1) is 0 Å². The van der Waals surface area contributed by atoms with Gasteiger partial charge in [-0.05, 0) is 54.7 Å². The summed E-state index contributed by atoms with van der Waals surface area (Å²) < 4.78 is 17.1. The Morgan fingerprint density at radius 2 is 1.72 bits per heavy atom. The van der Waals surface area contributed by atoms with Crippen molar-refractivity contribution in [3.8, 4) is 11.5 Å². The highest BCUT2D eigenvalue weighted by molar-refractivity contribution is 5.53. The van der Waals surface area contributed by atoms with E-state index in [1.165, 1.54) is 22.4 Å². The van der Waals surface area contributed by atoms with Gasteiger partial charge in [0.25, 0.3) is 0 Å². The second-order valence-electron chi connectivity index (χ2n) is 7.92. The van der Waals surface area contributed by atoms with Crippen molar-refractivity contribution in [3.05, 3.63) is 53.1 Å². The van der Waals surface area contributed by atoms with E-state index >= 15 is 0 Å². The van der Waals surface area contributed by atoms with Gasteiger partial charge in [-0.3, -0.25) is 4.90 Å². The van der Waals surface area contributed by atoms with E-state index in [1.54, 1.807) is 14.2 Å². The molecule has 2 aliphatic rings. The maximum absolute atomic E-state index is 6.14. The Labute approximate surface area is 174 Å². The summed E-state index contributed by atoms with van der Waals surface area (Å²) in [5, 5.41) is 0. The van der Waals surface area contributed by atoms with Gasteiger partial charge in [-0.2, -0.15) is 0 Å². The van der Waals surface area contributed by atoms with Crippen LogP contribution in [0.4, 0.5) is 5.69 Å². The van der Waals surface area contributed by atoms with Crippen molar-refractivity contribution < 1.29 is 14.2 Å². The normalized spacial score (nSPS) is 19.7. The van der Waals surface area contributed by atoms with Crippen molar-refractivity contribution in [2.75, 3.05) is 58.5 Å². The largest absolute Gasteiger partial charge is 0.493 e. The van der Waals surface area contributed by atoms with E-state index < -0.39 is 0 Å². The minimum Gasteiger partial charge on any atom is -0.493 e. The first-order chi connectivity index (χ1) is 14.2. The van der Waals surface area contributed by atoms with E-state index in [2.05, 4.69) is 53.1 Å². The molecule has 2 aliphatic heterocycles. The molecule has 4 rings (SSSR count). The van der Waals surface area contributed by atoms with Gasteiger partial charge in [-0.25, -0.2) is 0 Å². The zero-order valence-corrected chi connectivity index (χ0v) is 17.8. The standard InChI is InChI=1S/C24H32N2O3/c1-18-6-4-5-7-21(18)26-13-11-25(12-14-26)10-8-22-20-17-24(28-3)23(27-2)16-19(20)9-15-29-22/h4-7,16-17,22H,8-15H2,1-3H3. The summed E-state index contributed by atoms with van der Waals surface area (Å²) in [5.74, 6) is 1.59. The van der Waals surface area contributed by atoms with E-state index in [4.69, 9.17) is 14.2 Å². The number of hydrogen-bond donors (Lipinski definition) is 0. The van der Waals surface area contributed by atoms with Gasteiger partial charge in [0.05, 0.1) is 26.9 Å². The molecule has 0 N–H and O–H groups in total. The second-order valence-corrected chi connectivity index (χ2v) is 7.92. The third-order valence-corrected chi connectivity index (χ3v) is 6.22. The summed E-state index contributed by atoms with van der Waals surface area (Å²) in [6, 6.07) is 12.9. The lowest BCUT2D eigenvalue weighted by Crippen LogP contribution is -2.47. The van der Waals surface area contributed by atoms with Crippen LogP contribution in [0.5, 0.6) is 11.5 Å². The van der Waals surface area contributed by atoms with Crippen LogP contribution >= 0.6 is 0 Å². The number of benzene rings is 2. The molecule has 1 fully saturated rings. The zero-order valence-electron chi connectivity index (χ0n) is 17.8. The van der Waals surface area contributed by atoms with E-state index in [9.17, 15) is 0 Å². The Balaban J connectivity index is 1.36. The van der Waals surface area contributed by atoms with Gasteiger partial charge < -0.3 is 19.1 Å². The highest BCUT2D eigenvalue weighted by atomic mass is 16.5. The van der Waals surface area contributed by atoms with Crippen LogP contribution in [0.15, 0.2) is 36.4 Å². The number of methoxy groups -OCH3 is 2. The molecule has 1 unspecified atom stereocenters. The first kappa shape index (κ1) is 20.0. The van der Waals surface area contributed by atoms with Crippen LogP contribution in [-0.2, 0) is 11.2 Å². The third-order valence-electron chi connectivity index (χ3n) is 6.22. The Bertz CT molecular complexity index is 831. The minimum absolute atomic E-state index is 0.132. The fraction of sp³-hybridized carbons (Fsp3) is 0.500. The third kappa shape index (κ3) is 4.36. The molecule has 2 aromatic rings. The van der Waals surface area contributed by atoms with Crippen LogP contribution in [0.25, 0.3) is 0 Å². The average molecular weight is 397 g/mol. The molecule has 2 aromatic carbocycles. The summed E-state index contributed by atoms with van der Waals surface area (Å²) >= 11 is 0. The van der Waals surface area contributed by atoms with Crippen LogP contribution in [-0.4, -0.2) is 58.5 Å². The van der Waals surface area contributed by atoms with Crippen molar-refractivity contribution in [3.63, 3.8) is 0 Å². The molecule has 5 heteroatoms. The summed E-state index contributed by atoms with van der Waals surface area (Å²) in [7, 11) is 3.38. The van der Waals surface area contributed by atoms with Gasteiger partial charge in [0.2, 0.25) is 0 Å². The Morgan fingerprint density at radius 1 is 1.00 bits per heavy atom. The molecule has 0 saturated carbocycles. The van der Waals surface area contributed by atoms with Crippen LogP contribution in [0.1, 0.15) is 29.2 Å². The number of aryl methyl sites for hydroxylation is 1. The maximum atomic E-state index is 6.14. The first-order valence-corrected chi connectivity index (χ1v) is 10.6. The van der Waals surface area contributed by atoms with Crippen LogP contribution in [0.3, 0.4) is 0 Å². The van der Waals surface area contributed by atoms with Crippen LogP contribution < -0.4 is 14.4 Å². The molecule has 0 spiro atoms. The van der Waals surface area contributed by atoms with Crippen molar-refractivity contribution in [2.45, 2.75) is 25.9 Å². The number of fused-ring (bicyclic) bond motifs is 1. The number of nitrogens with zero attached hydrogens (tertiary/aromatic N) is 2. The van der Waals surface area contributed by atoms with E-state index in [0.717, 1.165) is 63.7 Å². The highest BCUT2D eigenvalue weighted by Crippen LogP contribution is 2.38. The van der Waals surface area contributed by atoms with Crippen LogP contribution in [0, 0.1) is 6.92 Å². The van der Waals surface area contributed by atoms with Gasteiger partial charge in [0.15, 0.2) is 11.5 Å². The fourth-order valence-electron chi connectivity index (χ4n) is 4.52. The smallest absolute Gasteiger partial charge is 0.161 e. The van der Waals surface area contributed by atoms with Crippen molar-refractivity contribution in [1.82, 2.24) is 4.90 Å². The highest BCUT2D eigenvalue weighted by Gasteiger charge is 2.25. The number of anilines is 1. The minimum atomic E-state index is 0.132. The Morgan fingerprint density at radius 3 is 2.45 bits per heavy atom. The summed E-state index contributed by atoms with van der Waals surface area (Å²) in [5.41, 5.74) is 5.31. The number of rotatable bonds is 6. The van der Waals surface area contributed by atoms with Gasteiger partial charge in [0, 0.05) is 38.4 Å². The van der Waals surface area contributed by atoms with Gasteiger partial charge in [-0.1, -0.05) is 18.2 Å². The molecular weight excluding hydrogens is 364 g/mol. The molecular formula is C24H32N2O3. The molecule has 0 radical (unpaired) electrons. The lowest BCUT2D eigenvalue weighted by atomic mass is 9.94. The van der Waals surface area contributed by atoms with Crippen molar-refractivity contribution >= 4 is 5.69 Å². The average Bonchev–Trinajstić information content (AvgIpc) is 2.77. The van der Waals surface area contributed by atoms with E-state index in [1.807, 2.05) is 0 Å². The number of para-hydroxylation sites is 1. The number of hydrogen-bond acceptors (Lipinski definition) is 5. The van der Waals surface area contributed by atoms with E-state index in [0.29, 0.717) is 0 Å². The van der Waals surface area contributed by atoms with Gasteiger partial charge >= 0.3 is 0 Å².